The Bertz CT molecular complexity index is 454. The quantitative estimate of drug-likeness (QED) is 0.548. The highest BCUT2D eigenvalue weighted by Gasteiger charge is 2.16. The van der Waals surface area contributed by atoms with Gasteiger partial charge >= 0.3 is 0 Å². The Morgan fingerprint density at radius 2 is 1.90 bits per heavy atom. The predicted octanol–water partition coefficient (Wildman–Crippen LogP) is 1.78. The van der Waals surface area contributed by atoms with Crippen LogP contribution in [0.3, 0.4) is 0 Å². The van der Waals surface area contributed by atoms with Crippen LogP contribution in [0.15, 0.2) is 0 Å². The maximum Gasteiger partial charge on any atom is 0.148 e. The SMILES string of the molecule is CCc1nc(NN)c(C)c(NCCC2CCN(C)CC2)n1. The van der Waals surface area contributed by atoms with Crippen LogP contribution in [0.25, 0.3) is 0 Å². The molecule has 2 heterocycles. The van der Waals surface area contributed by atoms with Crippen molar-refractivity contribution in [1.29, 1.82) is 0 Å². The van der Waals surface area contributed by atoms with Crippen molar-refractivity contribution in [2.24, 2.45) is 11.8 Å². The van der Waals surface area contributed by atoms with Gasteiger partial charge in [0.2, 0.25) is 0 Å². The van der Waals surface area contributed by atoms with Crippen LogP contribution >= 0.6 is 0 Å². The molecule has 1 fully saturated rings. The fraction of sp³-hybridized carbons (Fsp3) is 0.733. The summed E-state index contributed by atoms with van der Waals surface area (Å²) in [6.45, 7) is 7.44. The number of likely N-dealkylation sites (tertiary alicyclic amines) is 1. The van der Waals surface area contributed by atoms with E-state index in [9.17, 15) is 0 Å². The van der Waals surface area contributed by atoms with E-state index in [0.717, 1.165) is 36.1 Å². The molecule has 0 radical (unpaired) electrons. The van der Waals surface area contributed by atoms with E-state index in [1.807, 2.05) is 13.8 Å². The molecule has 0 spiro atoms. The summed E-state index contributed by atoms with van der Waals surface area (Å²) >= 11 is 0. The number of anilines is 2. The highest BCUT2D eigenvalue weighted by atomic mass is 15.3. The number of rotatable bonds is 6. The van der Waals surface area contributed by atoms with E-state index < -0.39 is 0 Å². The Labute approximate surface area is 127 Å². The van der Waals surface area contributed by atoms with Gasteiger partial charge in [-0.15, -0.1) is 0 Å². The van der Waals surface area contributed by atoms with E-state index in [1.165, 1.54) is 32.4 Å². The van der Waals surface area contributed by atoms with Gasteiger partial charge < -0.3 is 15.6 Å². The van der Waals surface area contributed by atoms with Crippen molar-refractivity contribution >= 4 is 11.6 Å². The summed E-state index contributed by atoms with van der Waals surface area (Å²) < 4.78 is 0. The predicted molar refractivity (Wildman–Crippen MR) is 87.3 cm³/mol. The van der Waals surface area contributed by atoms with Crippen molar-refractivity contribution in [2.45, 2.75) is 39.5 Å². The summed E-state index contributed by atoms with van der Waals surface area (Å²) in [5.74, 6) is 8.79. The number of hydrazine groups is 1. The lowest BCUT2D eigenvalue weighted by Crippen LogP contribution is -2.31. The lowest BCUT2D eigenvalue weighted by Gasteiger charge is -2.29. The minimum absolute atomic E-state index is 0.712. The first-order chi connectivity index (χ1) is 10.1. The smallest absolute Gasteiger partial charge is 0.148 e. The Balaban J connectivity index is 1.90. The molecule has 21 heavy (non-hydrogen) atoms. The molecule has 1 aromatic heterocycles. The van der Waals surface area contributed by atoms with E-state index >= 15 is 0 Å². The van der Waals surface area contributed by atoms with Crippen molar-refractivity contribution in [2.75, 3.05) is 37.4 Å². The summed E-state index contributed by atoms with van der Waals surface area (Å²) in [6, 6.07) is 0. The van der Waals surface area contributed by atoms with E-state index in [0.29, 0.717) is 5.82 Å². The average Bonchev–Trinajstić information content (AvgIpc) is 2.51. The molecule has 0 aromatic carbocycles. The molecule has 6 nitrogen and oxygen atoms in total. The summed E-state index contributed by atoms with van der Waals surface area (Å²) in [4.78, 5) is 11.4. The van der Waals surface area contributed by atoms with Gasteiger partial charge in [0.15, 0.2) is 0 Å². The fourth-order valence-electron chi connectivity index (χ4n) is 2.78. The third kappa shape index (κ3) is 4.28. The van der Waals surface area contributed by atoms with Crippen LogP contribution in [-0.2, 0) is 6.42 Å². The molecule has 0 atom stereocenters. The molecule has 118 valence electrons. The zero-order valence-corrected chi connectivity index (χ0v) is 13.4. The molecule has 0 bridgehead atoms. The standard InChI is InChI=1S/C15H28N6/c1-4-13-18-14(11(2)15(19-13)20-16)17-8-5-12-6-9-21(3)10-7-12/h12H,4-10,16H2,1-3H3,(H2,17,18,19,20). The van der Waals surface area contributed by atoms with Gasteiger partial charge in [-0.05, 0) is 52.2 Å². The van der Waals surface area contributed by atoms with Crippen molar-refractivity contribution in [1.82, 2.24) is 14.9 Å². The second kappa shape index (κ2) is 7.56. The van der Waals surface area contributed by atoms with E-state index in [4.69, 9.17) is 5.84 Å². The third-order valence-electron chi connectivity index (χ3n) is 4.33. The van der Waals surface area contributed by atoms with Gasteiger partial charge in [-0.25, -0.2) is 15.8 Å². The molecule has 0 unspecified atom stereocenters. The van der Waals surface area contributed by atoms with Crippen LogP contribution in [0.2, 0.25) is 0 Å². The third-order valence-corrected chi connectivity index (χ3v) is 4.33. The molecule has 1 aromatic rings. The topological polar surface area (TPSA) is 79.1 Å². The number of hydrogen-bond acceptors (Lipinski definition) is 6. The minimum Gasteiger partial charge on any atom is -0.370 e. The number of nitrogens with zero attached hydrogens (tertiary/aromatic N) is 3. The van der Waals surface area contributed by atoms with Crippen molar-refractivity contribution < 1.29 is 0 Å². The number of aromatic nitrogens is 2. The summed E-state index contributed by atoms with van der Waals surface area (Å²) in [5.41, 5.74) is 3.64. The highest BCUT2D eigenvalue weighted by Crippen LogP contribution is 2.22. The van der Waals surface area contributed by atoms with Gasteiger partial charge in [0.25, 0.3) is 0 Å². The summed E-state index contributed by atoms with van der Waals surface area (Å²) in [7, 11) is 2.20. The molecule has 2 rings (SSSR count). The second-order valence-electron chi connectivity index (χ2n) is 5.92. The molecule has 4 N–H and O–H groups in total. The maximum absolute atomic E-state index is 5.53. The van der Waals surface area contributed by atoms with Crippen LogP contribution in [0.1, 0.15) is 37.6 Å². The summed E-state index contributed by atoms with van der Waals surface area (Å²) in [5, 5.41) is 3.46. The normalized spacial score (nSPS) is 17.0. The van der Waals surface area contributed by atoms with Gasteiger partial charge in [-0.2, -0.15) is 0 Å². The Morgan fingerprint density at radius 3 is 2.52 bits per heavy atom. The molecule has 0 amide bonds. The van der Waals surface area contributed by atoms with E-state index in [2.05, 4.69) is 32.7 Å². The largest absolute Gasteiger partial charge is 0.370 e. The monoisotopic (exact) mass is 292 g/mol. The average molecular weight is 292 g/mol. The van der Waals surface area contributed by atoms with Crippen molar-refractivity contribution in [3.05, 3.63) is 11.4 Å². The molecule has 6 heteroatoms. The molecule has 0 aliphatic carbocycles. The van der Waals surface area contributed by atoms with Gasteiger partial charge in [-0.1, -0.05) is 6.92 Å². The van der Waals surface area contributed by atoms with Crippen molar-refractivity contribution in [3.8, 4) is 0 Å². The Hall–Kier alpha value is -1.40. The Morgan fingerprint density at radius 1 is 1.24 bits per heavy atom. The van der Waals surface area contributed by atoms with Gasteiger partial charge in [0, 0.05) is 18.5 Å². The second-order valence-corrected chi connectivity index (χ2v) is 5.92. The van der Waals surface area contributed by atoms with Gasteiger partial charge in [0.05, 0.1) is 0 Å². The Kier molecular flexibility index (Phi) is 5.76. The molecule has 1 aliphatic heterocycles. The van der Waals surface area contributed by atoms with Crippen LogP contribution in [0.4, 0.5) is 11.6 Å². The first-order valence-corrected chi connectivity index (χ1v) is 7.90. The number of piperidine rings is 1. The fourth-order valence-corrected chi connectivity index (χ4v) is 2.78. The van der Waals surface area contributed by atoms with Crippen molar-refractivity contribution in [3.63, 3.8) is 0 Å². The first-order valence-electron chi connectivity index (χ1n) is 7.90. The lowest BCUT2D eigenvalue weighted by atomic mass is 9.94. The molecular weight excluding hydrogens is 264 g/mol. The number of nitrogens with two attached hydrogens (primary N) is 1. The zero-order valence-electron chi connectivity index (χ0n) is 13.4. The molecular formula is C15H28N6. The lowest BCUT2D eigenvalue weighted by molar-refractivity contribution is 0.215. The molecule has 1 saturated heterocycles. The van der Waals surface area contributed by atoms with E-state index in [-0.39, 0.29) is 0 Å². The van der Waals surface area contributed by atoms with Crippen LogP contribution in [-0.4, -0.2) is 41.5 Å². The number of nitrogens with one attached hydrogen (secondary N) is 2. The number of nitrogen functional groups attached to an aromatic ring is 1. The van der Waals surface area contributed by atoms with Gasteiger partial charge in [-0.3, -0.25) is 0 Å². The van der Waals surface area contributed by atoms with Crippen LogP contribution in [0.5, 0.6) is 0 Å². The van der Waals surface area contributed by atoms with Crippen LogP contribution in [0, 0.1) is 12.8 Å². The maximum atomic E-state index is 5.53. The van der Waals surface area contributed by atoms with Gasteiger partial charge in [0.1, 0.15) is 17.5 Å². The molecule has 1 aliphatic rings. The zero-order chi connectivity index (χ0) is 15.2. The minimum atomic E-state index is 0.712. The summed E-state index contributed by atoms with van der Waals surface area (Å²) in [6.07, 6.45) is 4.61. The first kappa shape index (κ1) is 16.0. The molecule has 0 saturated carbocycles. The highest BCUT2D eigenvalue weighted by molar-refractivity contribution is 5.56. The van der Waals surface area contributed by atoms with Crippen LogP contribution < -0.4 is 16.6 Å². The van der Waals surface area contributed by atoms with E-state index in [1.54, 1.807) is 0 Å². The number of hydrogen-bond donors (Lipinski definition) is 3. The number of aryl methyl sites for hydroxylation is 1.